The van der Waals surface area contributed by atoms with Gasteiger partial charge >= 0.3 is 0 Å². The number of aryl methyl sites for hydroxylation is 1. The van der Waals surface area contributed by atoms with Gasteiger partial charge in [0.25, 0.3) is 0 Å². The maximum absolute atomic E-state index is 12.0. The van der Waals surface area contributed by atoms with E-state index in [0.29, 0.717) is 23.3 Å². The maximum atomic E-state index is 12.0. The van der Waals surface area contributed by atoms with E-state index in [2.05, 4.69) is 0 Å². The second kappa shape index (κ2) is 3.42. The van der Waals surface area contributed by atoms with Gasteiger partial charge in [-0.05, 0) is 25.5 Å². The van der Waals surface area contributed by atoms with Crippen molar-refractivity contribution in [3.63, 3.8) is 0 Å². The lowest BCUT2D eigenvalue weighted by Crippen LogP contribution is -2.10. The summed E-state index contributed by atoms with van der Waals surface area (Å²) in [6.07, 6.45) is 0.610. The fraction of sp³-hybridized carbons (Fsp3) is 0.250. The molecule has 2 rings (SSSR count). The van der Waals surface area contributed by atoms with Crippen molar-refractivity contribution in [2.45, 2.75) is 20.3 Å². The van der Waals surface area contributed by atoms with E-state index in [4.69, 9.17) is 4.42 Å². The van der Waals surface area contributed by atoms with E-state index in [1.54, 1.807) is 19.1 Å². The Kier molecular flexibility index (Phi) is 2.23. The van der Waals surface area contributed by atoms with E-state index in [1.165, 1.54) is 6.07 Å². The summed E-state index contributed by atoms with van der Waals surface area (Å²) >= 11 is 0. The molecule has 0 bridgehead atoms. The minimum absolute atomic E-state index is 0.0176. The van der Waals surface area contributed by atoms with Crippen molar-refractivity contribution < 1.29 is 9.52 Å². The van der Waals surface area contributed by atoms with Gasteiger partial charge in [-0.15, -0.1) is 0 Å². The number of fused-ring (bicyclic) bond motifs is 1. The maximum Gasteiger partial charge on any atom is 0.199 e. The van der Waals surface area contributed by atoms with Gasteiger partial charge in [0, 0.05) is 5.56 Å². The van der Waals surface area contributed by atoms with Gasteiger partial charge in [-0.25, -0.2) is 0 Å². The van der Waals surface area contributed by atoms with Crippen LogP contribution in [0.1, 0.15) is 18.2 Å². The normalized spacial score (nSPS) is 10.8. The van der Waals surface area contributed by atoms with Crippen LogP contribution in [0.2, 0.25) is 0 Å². The molecule has 0 spiro atoms. The Labute approximate surface area is 87.0 Å². The van der Waals surface area contributed by atoms with Crippen LogP contribution < -0.4 is 5.43 Å². The summed E-state index contributed by atoms with van der Waals surface area (Å²) in [7, 11) is 0. The number of aromatic hydroxyl groups is 1. The smallest absolute Gasteiger partial charge is 0.199 e. The number of rotatable bonds is 1. The third-order valence-electron chi connectivity index (χ3n) is 2.55. The topological polar surface area (TPSA) is 50.4 Å². The van der Waals surface area contributed by atoms with Crippen LogP contribution in [0.3, 0.4) is 0 Å². The second-order valence-electron chi connectivity index (χ2n) is 3.47. The van der Waals surface area contributed by atoms with Crippen molar-refractivity contribution >= 4 is 11.0 Å². The Morgan fingerprint density at radius 3 is 2.80 bits per heavy atom. The molecule has 0 unspecified atom stereocenters. The predicted molar refractivity (Wildman–Crippen MR) is 58.3 cm³/mol. The second-order valence-corrected chi connectivity index (χ2v) is 3.47. The lowest BCUT2D eigenvalue weighted by atomic mass is 10.1. The molecule has 0 saturated carbocycles. The third kappa shape index (κ3) is 1.40. The molecule has 15 heavy (non-hydrogen) atoms. The van der Waals surface area contributed by atoms with Gasteiger partial charge in [-0.1, -0.05) is 13.0 Å². The highest BCUT2D eigenvalue weighted by molar-refractivity contribution is 5.83. The van der Waals surface area contributed by atoms with Crippen LogP contribution in [-0.4, -0.2) is 5.11 Å². The highest BCUT2D eigenvalue weighted by Gasteiger charge is 2.12. The van der Waals surface area contributed by atoms with Crippen LogP contribution >= 0.6 is 0 Å². The van der Waals surface area contributed by atoms with E-state index in [9.17, 15) is 9.90 Å². The molecular weight excluding hydrogens is 192 g/mol. The van der Waals surface area contributed by atoms with E-state index in [0.717, 1.165) is 0 Å². The van der Waals surface area contributed by atoms with Gasteiger partial charge < -0.3 is 9.52 Å². The predicted octanol–water partition coefficient (Wildman–Crippen LogP) is 2.37. The highest BCUT2D eigenvalue weighted by Crippen LogP contribution is 2.23. The molecule has 3 nitrogen and oxygen atoms in total. The van der Waals surface area contributed by atoms with E-state index >= 15 is 0 Å². The number of phenols is 1. The van der Waals surface area contributed by atoms with Gasteiger partial charge in [0.2, 0.25) is 0 Å². The first-order valence-corrected chi connectivity index (χ1v) is 4.89. The molecule has 0 radical (unpaired) electrons. The summed E-state index contributed by atoms with van der Waals surface area (Å²) in [4.78, 5) is 12.0. The number of phenolic OH excluding ortho intramolecular Hbond substituents is 1. The zero-order valence-corrected chi connectivity index (χ0v) is 8.70. The standard InChI is InChI=1S/C12H12O3/c1-3-8-7(2)15-10-6-4-5-9(13)11(10)12(8)14/h4-6,13H,3H2,1-2H3. The third-order valence-corrected chi connectivity index (χ3v) is 2.55. The lowest BCUT2D eigenvalue weighted by molar-refractivity contribution is 0.478. The van der Waals surface area contributed by atoms with Crippen molar-refractivity contribution in [2.75, 3.05) is 0 Å². The minimum atomic E-state index is -0.130. The first-order valence-electron chi connectivity index (χ1n) is 4.89. The van der Waals surface area contributed by atoms with Crippen LogP contribution in [0.15, 0.2) is 27.4 Å². The van der Waals surface area contributed by atoms with Crippen molar-refractivity contribution in [1.29, 1.82) is 0 Å². The lowest BCUT2D eigenvalue weighted by Gasteiger charge is -2.05. The van der Waals surface area contributed by atoms with Gasteiger partial charge in [-0.3, -0.25) is 4.79 Å². The largest absolute Gasteiger partial charge is 0.507 e. The first kappa shape index (κ1) is 9.77. The quantitative estimate of drug-likeness (QED) is 0.775. The molecule has 0 aliphatic carbocycles. The Balaban J connectivity index is 2.99. The molecule has 0 saturated heterocycles. The molecule has 1 N–H and O–H groups in total. The number of hydrogen-bond donors (Lipinski definition) is 1. The molecule has 3 heteroatoms. The summed E-state index contributed by atoms with van der Waals surface area (Å²) in [5, 5.41) is 9.88. The monoisotopic (exact) mass is 204 g/mol. The van der Waals surface area contributed by atoms with E-state index in [1.807, 2.05) is 6.92 Å². The Hall–Kier alpha value is -1.77. The van der Waals surface area contributed by atoms with Gasteiger partial charge in [0.15, 0.2) is 5.43 Å². The molecule has 1 aromatic heterocycles. The highest BCUT2D eigenvalue weighted by atomic mass is 16.3. The first-order chi connectivity index (χ1) is 7.15. The summed E-state index contributed by atoms with van der Waals surface area (Å²) < 4.78 is 5.49. The van der Waals surface area contributed by atoms with Crippen LogP contribution in [0.4, 0.5) is 0 Å². The van der Waals surface area contributed by atoms with E-state index in [-0.39, 0.29) is 16.6 Å². The van der Waals surface area contributed by atoms with Gasteiger partial charge in [0.05, 0.1) is 0 Å². The summed E-state index contributed by atoms with van der Waals surface area (Å²) in [5.74, 6) is 0.608. The average molecular weight is 204 g/mol. The van der Waals surface area contributed by atoms with Crippen molar-refractivity contribution in [2.24, 2.45) is 0 Å². The minimum Gasteiger partial charge on any atom is -0.507 e. The molecule has 2 aromatic rings. The summed E-state index contributed by atoms with van der Waals surface area (Å²) in [5.41, 5.74) is 0.938. The molecule has 0 atom stereocenters. The van der Waals surface area contributed by atoms with Gasteiger partial charge in [-0.2, -0.15) is 0 Å². The molecular formula is C12H12O3. The molecule has 1 heterocycles. The summed E-state index contributed by atoms with van der Waals surface area (Å²) in [6, 6.07) is 4.84. The van der Waals surface area contributed by atoms with E-state index < -0.39 is 0 Å². The fourth-order valence-electron chi connectivity index (χ4n) is 1.78. The zero-order valence-electron chi connectivity index (χ0n) is 8.70. The van der Waals surface area contributed by atoms with Crippen LogP contribution in [0, 0.1) is 6.92 Å². The van der Waals surface area contributed by atoms with Crippen molar-refractivity contribution in [3.05, 3.63) is 39.7 Å². The molecule has 78 valence electrons. The average Bonchev–Trinajstić information content (AvgIpc) is 2.17. The SMILES string of the molecule is CCc1c(C)oc2cccc(O)c2c1=O. The number of benzene rings is 1. The Morgan fingerprint density at radius 2 is 2.13 bits per heavy atom. The van der Waals surface area contributed by atoms with Crippen LogP contribution in [0.25, 0.3) is 11.0 Å². The van der Waals surface area contributed by atoms with Crippen molar-refractivity contribution in [3.8, 4) is 5.75 Å². The van der Waals surface area contributed by atoms with Crippen molar-refractivity contribution in [1.82, 2.24) is 0 Å². The van der Waals surface area contributed by atoms with Crippen LogP contribution in [-0.2, 0) is 6.42 Å². The zero-order chi connectivity index (χ0) is 11.0. The molecule has 0 aliphatic heterocycles. The van der Waals surface area contributed by atoms with Crippen LogP contribution in [0.5, 0.6) is 5.75 Å². The summed E-state index contributed by atoms with van der Waals surface area (Å²) in [6.45, 7) is 3.66. The fourth-order valence-corrected chi connectivity index (χ4v) is 1.78. The molecule has 0 aliphatic rings. The molecule has 0 amide bonds. The molecule has 1 aromatic carbocycles. The number of hydrogen-bond acceptors (Lipinski definition) is 3. The Bertz CT molecular complexity index is 567. The molecule has 0 fully saturated rings. The van der Waals surface area contributed by atoms with Gasteiger partial charge in [0.1, 0.15) is 22.5 Å². The Morgan fingerprint density at radius 1 is 1.40 bits per heavy atom.